The molecule has 1 aromatic heterocycles. The minimum Gasteiger partial charge on any atom is -0.501 e. The van der Waals surface area contributed by atoms with Crippen LogP contribution >= 0.6 is 0 Å². The molecule has 0 saturated heterocycles. The van der Waals surface area contributed by atoms with Gasteiger partial charge in [-0.25, -0.2) is 4.79 Å². The van der Waals surface area contributed by atoms with Crippen LogP contribution < -0.4 is 16.1 Å². The number of amides is 1. The molecule has 0 spiro atoms. The van der Waals surface area contributed by atoms with E-state index in [-0.39, 0.29) is 17.0 Å². The third kappa shape index (κ3) is 1.69. The number of aromatic nitrogens is 2. The van der Waals surface area contributed by atoms with Gasteiger partial charge in [0.25, 0.3) is 11.5 Å². The molecule has 0 radical (unpaired) electrons. The molecule has 0 fully saturated rings. The third-order valence-corrected chi connectivity index (χ3v) is 3.12. The fraction of sp³-hybridized carbons (Fsp3) is 0.417. The fourth-order valence-corrected chi connectivity index (χ4v) is 2.12. The van der Waals surface area contributed by atoms with Crippen LogP contribution in [-0.4, -0.2) is 28.7 Å². The van der Waals surface area contributed by atoms with Crippen molar-refractivity contribution in [1.82, 2.24) is 9.13 Å². The molecular formula is C12H15N3O4. The zero-order chi connectivity index (χ0) is 14.3. The van der Waals surface area contributed by atoms with Gasteiger partial charge in [-0.1, -0.05) is 0 Å². The summed E-state index contributed by atoms with van der Waals surface area (Å²) in [5.74, 6) is -0.0641. The van der Waals surface area contributed by atoms with Crippen molar-refractivity contribution in [2.24, 2.45) is 14.1 Å². The lowest BCUT2D eigenvalue weighted by Crippen LogP contribution is -2.39. The number of rotatable bonds is 2. The van der Waals surface area contributed by atoms with Crippen LogP contribution in [-0.2, 0) is 23.6 Å². The number of ether oxygens (including phenoxy) is 1. The largest absolute Gasteiger partial charge is 0.501 e. The summed E-state index contributed by atoms with van der Waals surface area (Å²) in [5, 5.41) is 0. The number of anilines is 1. The molecule has 1 aliphatic heterocycles. The smallest absolute Gasteiger partial charge is 0.332 e. The number of hydrogen-bond donors (Lipinski definition) is 0. The highest BCUT2D eigenvalue weighted by molar-refractivity contribution is 6.31. The minimum atomic E-state index is -0.498. The van der Waals surface area contributed by atoms with Crippen molar-refractivity contribution in [1.29, 1.82) is 0 Å². The van der Waals surface area contributed by atoms with Gasteiger partial charge in [-0.15, -0.1) is 0 Å². The maximum atomic E-state index is 12.2. The van der Waals surface area contributed by atoms with E-state index in [2.05, 4.69) is 0 Å². The Morgan fingerprint density at radius 1 is 1.11 bits per heavy atom. The first-order valence-electron chi connectivity index (χ1n) is 5.82. The van der Waals surface area contributed by atoms with Gasteiger partial charge in [-0.05, 0) is 6.92 Å². The lowest BCUT2D eigenvalue weighted by atomic mass is 10.2. The van der Waals surface area contributed by atoms with Gasteiger partial charge in [0.15, 0.2) is 0 Å². The second-order valence-electron chi connectivity index (χ2n) is 4.26. The van der Waals surface area contributed by atoms with Crippen molar-refractivity contribution < 1.29 is 9.53 Å². The van der Waals surface area contributed by atoms with Gasteiger partial charge in [0.2, 0.25) is 0 Å². The zero-order valence-corrected chi connectivity index (χ0v) is 11.3. The predicted molar refractivity (Wildman–Crippen MR) is 69.9 cm³/mol. The second kappa shape index (κ2) is 4.42. The van der Waals surface area contributed by atoms with Crippen LogP contribution in [0.25, 0.3) is 5.57 Å². The highest BCUT2D eigenvalue weighted by Gasteiger charge is 2.36. The molecule has 2 heterocycles. The summed E-state index contributed by atoms with van der Waals surface area (Å²) in [6.07, 6.45) is 1.27. The van der Waals surface area contributed by atoms with Crippen LogP contribution in [0.4, 0.5) is 5.82 Å². The molecule has 19 heavy (non-hydrogen) atoms. The van der Waals surface area contributed by atoms with Gasteiger partial charge in [0.1, 0.15) is 5.82 Å². The summed E-state index contributed by atoms with van der Waals surface area (Å²) in [7, 11) is 4.42. The molecule has 0 atom stereocenters. The Morgan fingerprint density at radius 2 is 1.74 bits per heavy atom. The lowest BCUT2D eigenvalue weighted by molar-refractivity contribution is -0.112. The highest BCUT2D eigenvalue weighted by Crippen LogP contribution is 2.31. The monoisotopic (exact) mass is 265 g/mol. The van der Waals surface area contributed by atoms with Gasteiger partial charge in [0.05, 0.1) is 24.0 Å². The van der Waals surface area contributed by atoms with Crippen LogP contribution in [0, 0.1) is 0 Å². The molecule has 0 aromatic carbocycles. The van der Waals surface area contributed by atoms with Crippen molar-refractivity contribution in [3.63, 3.8) is 0 Å². The van der Waals surface area contributed by atoms with E-state index in [4.69, 9.17) is 4.74 Å². The molecular weight excluding hydrogens is 250 g/mol. The predicted octanol–water partition coefficient (Wildman–Crippen LogP) is -0.562. The molecule has 0 unspecified atom stereocenters. The van der Waals surface area contributed by atoms with Gasteiger partial charge in [0, 0.05) is 21.1 Å². The number of likely N-dealkylation sites (N-methyl/N-ethyl adjacent to an activating group) is 1. The summed E-state index contributed by atoms with van der Waals surface area (Å²) in [5.41, 5.74) is -0.594. The molecule has 0 bridgehead atoms. The Bertz CT molecular complexity index is 696. The maximum absolute atomic E-state index is 12.2. The Labute approximate surface area is 109 Å². The maximum Gasteiger partial charge on any atom is 0.332 e. The molecule has 0 N–H and O–H groups in total. The molecule has 1 amide bonds. The Morgan fingerprint density at radius 3 is 2.32 bits per heavy atom. The first-order chi connectivity index (χ1) is 8.91. The van der Waals surface area contributed by atoms with Crippen molar-refractivity contribution in [3.8, 4) is 0 Å². The normalized spacial score (nSPS) is 16.1. The average Bonchev–Trinajstić information content (AvgIpc) is 2.64. The summed E-state index contributed by atoms with van der Waals surface area (Å²) in [6.45, 7) is 2.17. The summed E-state index contributed by atoms with van der Waals surface area (Å²) < 4.78 is 7.37. The first kappa shape index (κ1) is 13.1. The molecule has 102 valence electrons. The van der Waals surface area contributed by atoms with Gasteiger partial charge in [-0.2, -0.15) is 0 Å². The Balaban J connectivity index is 2.85. The summed E-state index contributed by atoms with van der Waals surface area (Å²) >= 11 is 0. The van der Waals surface area contributed by atoms with Crippen LogP contribution in [0.2, 0.25) is 0 Å². The van der Waals surface area contributed by atoms with Crippen molar-refractivity contribution in [2.45, 2.75) is 6.92 Å². The molecule has 0 aliphatic carbocycles. The number of fused-ring (bicyclic) bond motifs is 1. The standard InChI is InChI=1S/C12H15N3O4/c1-5-19-6-7-8-9(13(2)10(7)16)14(3)12(18)15(4)11(8)17/h6H,5H2,1-4H3/b7-6+. The number of nitrogens with zero attached hydrogens (tertiary/aromatic N) is 3. The first-order valence-corrected chi connectivity index (χ1v) is 5.82. The molecule has 1 aliphatic rings. The van der Waals surface area contributed by atoms with Gasteiger partial charge in [-0.3, -0.25) is 23.6 Å². The van der Waals surface area contributed by atoms with E-state index in [0.29, 0.717) is 12.4 Å². The van der Waals surface area contributed by atoms with E-state index in [0.717, 1.165) is 4.57 Å². The molecule has 0 saturated carbocycles. The van der Waals surface area contributed by atoms with E-state index < -0.39 is 11.2 Å². The Hall–Kier alpha value is -2.31. The van der Waals surface area contributed by atoms with Crippen LogP contribution in [0.15, 0.2) is 15.9 Å². The SMILES string of the molecule is CCO/C=C1/C(=O)N(C)c2c1c(=O)n(C)c(=O)n2C. The van der Waals surface area contributed by atoms with Crippen molar-refractivity contribution in [2.75, 3.05) is 18.6 Å². The quantitative estimate of drug-likeness (QED) is 0.530. The average molecular weight is 265 g/mol. The zero-order valence-electron chi connectivity index (χ0n) is 11.3. The van der Waals surface area contributed by atoms with E-state index >= 15 is 0 Å². The Kier molecular flexibility index (Phi) is 3.05. The molecule has 1 aromatic rings. The molecule has 7 nitrogen and oxygen atoms in total. The van der Waals surface area contributed by atoms with Gasteiger partial charge >= 0.3 is 5.69 Å². The summed E-state index contributed by atoms with van der Waals surface area (Å²) in [6, 6.07) is 0. The summed E-state index contributed by atoms with van der Waals surface area (Å²) in [4.78, 5) is 37.4. The lowest BCUT2D eigenvalue weighted by Gasteiger charge is -2.13. The highest BCUT2D eigenvalue weighted by atomic mass is 16.5. The second-order valence-corrected chi connectivity index (χ2v) is 4.26. The van der Waals surface area contributed by atoms with Crippen molar-refractivity contribution >= 4 is 17.3 Å². The molecule has 7 heteroatoms. The number of carbonyl (C=O) groups is 1. The third-order valence-electron chi connectivity index (χ3n) is 3.12. The van der Waals surface area contributed by atoms with Crippen LogP contribution in [0.1, 0.15) is 12.5 Å². The number of hydrogen-bond acceptors (Lipinski definition) is 4. The topological polar surface area (TPSA) is 73.5 Å². The van der Waals surface area contributed by atoms with E-state index in [9.17, 15) is 14.4 Å². The molecule has 2 rings (SSSR count). The van der Waals surface area contributed by atoms with Gasteiger partial charge < -0.3 is 4.74 Å². The van der Waals surface area contributed by atoms with Crippen LogP contribution in [0.3, 0.4) is 0 Å². The minimum absolute atomic E-state index is 0.176. The van der Waals surface area contributed by atoms with E-state index in [1.165, 1.54) is 36.9 Å². The number of carbonyl (C=O) groups excluding carboxylic acids is 1. The van der Waals surface area contributed by atoms with E-state index in [1.807, 2.05) is 0 Å². The van der Waals surface area contributed by atoms with Crippen molar-refractivity contribution in [3.05, 3.63) is 32.7 Å². The van der Waals surface area contributed by atoms with Crippen LogP contribution in [0.5, 0.6) is 0 Å². The fourth-order valence-electron chi connectivity index (χ4n) is 2.12. The van der Waals surface area contributed by atoms with E-state index in [1.54, 1.807) is 6.92 Å².